The van der Waals surface area contributed by atoms with Crippen molar-refractivity contribution in [1.29, 1.82) is 0 Å². The van der Waals surface area contributed by atoms with Crippen LogP contribution in [0.2, 0.25) is 0 Å². The molecule has 80 valence electrons. The molecule has 16 heavy (non-hydrogen) atoms. The van der Waals surface area contributed by atoms with E-state index in [4.69, 9.17) is 4.74 Å². The van der Waals surface area contributed by atoms with E-state index in [2.05, 4.69) is 22.0 Å². The number of carbonyl (C=O) groups excluding carboxylic acids is 1. The zero-order valence-corrected chi connectivity index (χ0v) is 8.78. The van der Waals surface area contributed by atoms with Crippen molar-refractivity contribution in [1.82, 2.24) is 10.2 Å². The summed E-state index contributed by atoms with van der Waals surface area (Å²) in [5.41, 5.74) is 1.65. The Labute approximate surface area is 92.6 Å². The van der Waals surface area contributed by atoms with Gasteiger partial charge in [-0.05, 0) is 25.1 Å². The SMILES string of the molecule is CCOC(=O)C#Cc1ccc2cn[nH]c2c1. The smallest absolute Gasteiger partial charge is 0.384 e. The second-order valence-electron chi connectivity index (χ2n) is 3.14. The molecule has 2 aromatic rings. The van der Waals surface area contributed by atoms with Gasteiger partial charge in [-0.25, -0.2) is 4.79 Å². The minimum Gasteiger partial charge on any atom is -0.456 e. The molecule has 0 bridgehead atoms. The molecule has 0 aliphatic carbocycles. The Morgan fingerprint density at radius 3 is 3.25 bits per heavy atom. The van der Waals surface area contributed by atoms with Crippen LogP contribution in [0, 0.1) is 11.8 Å². The number of nitrogens with one attached hydrogen (secondary N) is 1. The van der Waals surface area contributed by atoms with Crippen LogP contribution in [-0.2, 0) is 9.53 Å². The van der Waals surface area contributed by atoms with Gasteiger partial charge in [0.05, 0.1) is 18.3 Å². The molecule has 0 aliphatic heterocycles. The molecule has 0 saturated heterocycles. The first-order chi connectivity index (χ1) is 7.79. The quantitative estimate of drug-likeness (QED) is 0.577. The van der Waals surface area contributed by atoms with Crippen molar-refractivity contribution in [2.45, 2.75) is 6.92 Å². The van der Waals surface area contributed by atoms with Crippen molar-refractivity contribution in [3.63, 3.8) is 0 Å². The molecule has 0 spiro atoms. The van der Waals surface area contributed by atoms with E-state index in [-0.39, 0.29) is 0 Å². The molecule has 4 heteroatoms. The molecule has 0 saturated carbocycles. The first-order valence-corrected chi connectivity index (χ1v) is 4.91. The van der Waals surface area contributed by atoms with Crippen molar-refractivity contribution >= 4 is 16.9 Å². The molecular formula is C12H10N2O2. The molecule has 0 unspecified atom stereocenters. The Morgan fingerprint density at radius 1 is 1.56 bits per heavy atom. The van der Waals surface area contributed by atoms with Gasteiger partial charge in [0.15, 0.2) is 0 Å². The average Bonchev–Trinajstić information content (AvgIpc) is 2.74. The number of ether oxygens (including phenoxy) is 1. The van der Waals surface area contributed by atoms with E-state index in [1.165, 1.54) is 0 Å². The number of carbonyl (C=O) groups is 1. The van der Waals surface area contributed by atoms with Gasteiger partial charge in [0.2, 0.25) is 0 Å². The molecule has 1 aromatic heterocycles. The zero-order chi connectivity index (χ0) is 11.4. The number of nitrogens with zero attached hydrogens (tertiary/aromatic N) is 1. The van der Waals surface area contributed by atoms with Crippen molar-refractivity contribution in [2.75, 3.05) is 6.61 Å². The minimum atomic E-state index is -0.507. The lowest BCUT2D eigenvalue weighted by Crippen LogP contribution is -1.99. The van der Waals surface area contributed by atoms with Crippen molar-refractivity contribution in [3.05, 3.63) is 30.0 Å². The summed E-state index contributed by atoms with van der Waals surface area (Å²) in [6.07, 6.45) is 1.73. The Hall–Kier alpha value is -2.28. The number of aromatic amines is 1. The van der Waals surface area contributed by atoms with E-state index >= 15 is 0 Å². The van der Waals surface area contributed by atoms with Crippen LogP contribution in [-0.4, -0.2) is 22.8 Å². The van der Waals surface area contributed by atoms with Crippen LogP contribution < -0.4 is 0 Å². The number of hydrogen-bond donors (Lipinski definition) is 1. The van der Waals surface area contributed by atoms with Gasteiger partial charge in [0.25, 0.3) is 0 Å². The van der Waals surface area contributed by atoms with E-state index in [1.54, 1.807) is 13.1 Å². The third kappa shape index (κ3) is 2.20. The molecule has 2 rings (SSSR count). The van der Waals surface area contributed by atoms with E-state index in [9.17, 15) is 4.79 Å². The normalized spacial score (nSPS) is 9.56. The number of aromatic nitrogens is 2. The van der Waals surface area contributed by atoms with Gasteiger partial charge in [-0.2, -0.15) is 5.10 Å². The van der Waals surface area contributed by atoms with Crippen LogP contribution in [0.15, 0.2) is 24.4 Å². The van der Waals surface area contributed by atoms with Crippen molar-refractivity contribution in [2.24, 2.45) is 0 Å². The molecule has 1 aromatic carbocycles. The summed E-state index contributed by atoms with van der Waals surface area (Å²) in [6.45, 7) is 2.09. The van der Waals surface area contributed by atoms with Gasteiger partial charge in [0, 0.05) is 16.9 Å². The van der Waals surface area contributed by atoms with Crippen LogP contribution >= 0.6 is 0 Å². The van der Waals surface area contributed by atoms with Gasteiger partial charge in [-0.1, -0.05) is 5.92 Å². The van der Waals surface area contributed by atoms with Gasteiger partial charge in [0.1, 0.15) is 0 Å². The molecule has 0 aliphatic rings. The summed E-state index contributed by atoms with van der Waals surface area (Å²) in [5, 5.41) is 7.76. The van der Waals surface area contributed by atoms with Gasteiger partial charge in [-0.3, -0.25) is 5.10 Å². The number of hydrogen-bond acceptors (Lipinski definition) is 3. The van der Waals surface area contributed by atoms with Crippen LogP contribution in [0.25, 0.3) is 10.9 Å². The van der Waals surface area contributed by atoms with Crippen LogP contribution in [0.5, 0.6) is 0 Å². The standard InChI is InChI=1S/C12H10N2O2/c1-2-16-12(15)6-4-9-3-5-10-8-13-14-11(10)7-9/h3,5,7-8H,2H2,1H3,(H,13,14). The summed E-state index contributed by atoms with van der Waals surface area (Å²) in [7, 11) is 0. The third-order valence-corrected chi connectivity index (χ3v) is 2.03. The Balaban J connectivity index is 2.23. The fourth-order valence-corrected chi connectivity index (χ4v) is 1.31. The first-order valence-electron chi connectivity index (χ1n) is 4.91. The zero-order valence-electron chi connectivity index (χ0n) is 8.78. The van der Waals surface area contributed by atoms with Crippen molar-refractivity contribution in [3.8, 4) is 11.8 Å². The van der Waals surface area contributed by atoms with E-state index in [1.807, 2.05) is 18.2 Å². The van der Waals surface area contributed by atoms with Crippen LogP contribution in [0.1, 0.15) is 12.5 Å². The van der Waals surface area contributed by atoms with E-state index < -0.39 is 5.97 Å². The highest BCUT2D eigenvalue weighted by atomic mass is 16.5. The maximum absolute atomic E-state index is 11.0. The maximum atomic E-state index is 11.0. The lowest BCUT2D eigenvalue weighted by atomic mass is 10.2. The number of H-pyrrole nitrogens is 1. The summed E-state index contributed by atoms with van der Waals surface area (Å²) in [4.78, 5) is 11.0. The van der Waals surface area contributed by atoms with Gasteiger partial charge >= 0.3 is 5.97 Å². The lowest BCUT2D eigenvalue weighted by Gasteiger charge is -1.92. The third-order valence-electron chi connectivity index (χ3n) is 2.03. The highest BCUT2D eigenvalue weighted by molar-refractivity contribution is 5.89. The molecule has 1 heterocycles. The molecular weight excluding hydrogens is 204 g/mol. The Kier molecular flexibility index (Phi) is 2.88. The summed E-state index contributed by atoms with van der Waals surface area (Å²) >= 11 is 0. The second kappa shape index (κ2) is 4.49. The predicted molar refractivity (Wildman–Crippen MR) is 59.6 cm³/mol. The molecule has 4 nitrogen and oxygen atoms in total. The van der Waals surface area contributed by atoms with Crippen LogP contribution in [0.4, 0.5) is 0 Å². The average molecular weight is 214 g/mol. The number of benzene rings is 1. The largest absolute Gasteiger partial charge is 0.456 e. The molecule has 1 N–H and O–H groups in total. The summed E-state index contributed by atoms with van der Waals surface area (Å²) < 4.78 is 4.70. The highest BCUT2D eigenvalue weighted by Crippen LogP contribution is 2.11. The van der Waals surface area contributed by atoms with Gasteiger partial charge < -0.3 is 4.74 Å². The molecule has 0 fully saturated rings. The van der Waals surface area contributed by atoms with Gasteiger partial charge in [-0.15, -0.1) is 0 Å². The van der Waals surface area contributed by atoms with E-state index in [0.717, 1.165) is 16.5 Å². The highest BCUT2D eigenvalue weighted by Gasteiger charge is 1.96. The summed E-state index contributed by atoms with van der Waals surface area (Å²) in [5.74, 6) is 4.64. The molecule has 0 radical (unpaired) electrons. The topological polar surface area (TPSA) is 55.0 Å². The molecule has 0 amide bonds. The Morgan fingerprint density at radius 2 is 2.44 bits per heavy atom. The van der Waals surface area contributed by atoms with Crippen LogP contribution in [0.3, 0.4) is 0 Å². The minimum absolute atomic E-state index is 0.340. The predicted octanol–water partition coefficient (Wildman–Crippen LogP) is 1.48. The number of fused-ring (bicyclic) bond motifs is 1. The first kappa shape index (κ1) is 10.2. The number of rotatable bonds is 1. The second-order valence-corrected chi connectivity index (χ2v) is 3.14. The van der Waals surface area contributed by atoms with E-state index in [0.29, 0.717) is 6.61 Å². The summed E-state index contributed by atoms with van der Waals surface area (Å²) in [6, 6.07) is 5.58. The molecule has 0 atom stereocenters. The monoisotopic (exact) mass is 214 g/mol. The lowest BCUT2D eigenvalue weighted by molar-refractivity contribution is -0.136. The van der Waals surface area contributed by atoms with Crippen molar-refractivity contribution < 1.29 is 9.53 Å². The maximum Gasteiger partial charge on any atom is 0.384 e. The number of esters is 1. The fraction of sp³-hybridized carbons (Fsp3) is 0.167. The Bertz CT molecular complexity index is 575. The fourth-order valence-electron chi connectivity index (χ4n) is 1.31.